The van der Waals surface area contributed by atoms with Crippen molar-refractivity contribution in [1.82, 2.24) is 9.36 Å². The fourth-order valence-electron chi connectivity index (χ4n) is 3.54. The molecular weight excluding hydrogens is 500 g/mol. The summed E-state index contributed by atoms with van der Waals surface area (Å²) in [6.07, 6.45) is 0. The second-order valence-corrected chi connectivity index (χ2v) is 10.2. The molecule has 0 amide bonds. The molecule has 0 spiro atoms. The number of rotatable bonds is 5. The molecule has 0 fully saturated rings. The van der Waals surface area contributed by atoms with E-state index in [9.17, 15) is 35.8 Å². The van der Waals surface area contributed by atoms with E-state index in [1.807, 2.05) is 0 Å². The molecule has 0 bridgehead atoms. The summed E-state index contributed by atoms with van der Waals surface area (Å²) in [6, 6.07) is 12.2. The number of aromatic nitrogens is 2. The zero-order valence-corrected chi connectivity index (χ0v) is 19.7. The Morgan fingerprint density at radius 2 is 1.51 bits per heavy atom. The molecule has 0 radical (unpaired) electrons. The van der Waals surface area contributed by atoms with Crippen LogP contribution in [-0.4, -0.2) is 40.4 Å². The van der Waals surface area contributed by atoms with Crippen LogP contribution in [0.4, 0.5) is 11.4 Å². The van der Waals surface area contributed by atoms with Crippen molar-refractivity contribution in [2.75, 3.05) is 0 Å². The third-order valence-corrected chi connectivity index (χ3v) is 7.04. The number of phenolic OH excluding ortho intramolecular Hbond substituents is 1. The van der Waals surface area contributed by atoms with Gasteiger partial charge in [0.25, 0.3) is 5.56 Å². The van der Waals surface area contributed by atoms with Crippen LogP contribution < -0.4 is 5.56 Å². The third-order valence-electron chi connectivity index (χ3n) is 5.35. The molecule has 3 aromatic carbocycles. The summed E-state index contributed by atoms with van der Waals surface area (Å²) in [7, 11) is -8.53. The number of azo groups is 1. The monoisotopic (exact) mass is 516 g/mol. The average Bonchev–Trinajstić information content (AvgIpc) is 3.00. The average molecular weight is 517 g/mol. The van der Waals surface area contributed by atoms with Gasteiger partial charge in [-0.05, 0) is 48.7 Å². The lowest BCUT2D eigenvalue weighted by Crippen LogP contribution is -2.19. The summed E-state index contributed by atoms with van der Waals surface area (Å²) in [4.78, 5) is 11.3. The predicted molar refractivity (Wildman–Crippen MR) is 121 cm³/mol. The minimum atomic E-state index is -5.25. The fourth-order valence-corrected chi connectivity index (χ4v) is 4.69. The van der Waals surface area contributed by atoms with Crippen LogP contribution in [0.3, 0.4) is 0 Å². The molecule has 1 N–H and O–H groups in total. The minimum absolute atomic E-state index is 0.0924. The van der Waals surface area contributed by atoms with E-state index in [0.717, 1.165) is 24.3 Å². The van der Waals surface area contributed by atoms with E-state index in [1.165, 1.54) is 9.36 Å². The summed E-state index contributed by atoms with van der Waals surface area (Å²) in [5.41, 5.74) is -0.598. The lowest BCUT2D eigenvalue weighted by atomic mass is 10.1. The van der Waals surface area contributed by atoms with Crippen molar-refractivity contribution in [3.05, 3.63) is 70.6 Å². The SMILES string of the molecule is Cc1c(N=Nc2c(S(=O)(=O)[O-])cc3cc(S(=O)(=O)[O-])ccc3c2O)c(=O)n(-c2ccccc2)n1C. The maximum atomic E-state index is 13.0. The first-order valence-corrected chi connectivity index (χ1v) is 12.6. The van der Waals surface area contributed by atoms with E-state index in [1.54, 1.807) is 44.3 Å². The van der Waals surface area contributed by atoms with Crippen molar-refractivity contribution in [2.45, 2.75) is 16.7 Å². The molecule has 0 aliphatic heterocycles. The smallest absolute Gasteiger partial charge is 0.299 e. The molecule has 4 aromatic rings. The Balaban J connectivity index is 1.94. The van der Waals surface area contributed by atoms with Crippen LogP contribution >= 0.6 is 0 Å². The molecule has 0 aliphatic carbocycles. The van der Waals surface area contributed by atoms with Gasteiger partial charge in [0.2, 0.25) is 0 Å². The quantitative estimate of drug-likeness (QED) is 0.309. The molecule has 14 heteroatoms. The lowest BCUT2D eigenvalue weighted by molar-refractivity contribution is 0.458. The van der Waals surface area contributed by atoms with E-state index < -0.39 is 47.0 Å². The van der Waals surface area contributed by atoms with Gasteiger partial charge in [-0.1, -0.05) is 18.2 Å². The second kappa shape index (κ2) is 8.42. The molecule has 1 aromatic heterocycles. The van der Waals surface area contributed by atoms with Gasteiger partial charge in [0.1, 0.15) is 25.9 Å². The number of para-hydroxylation sites is 1. The Hall–Kier alpha value is -3.85. The molecule has 1 heterocycles. The zero-order chi connectivity index (χ0) is 25.7. The highest BCUT2D eigenvalue weighted by Gasteiger charge is 2.20. The molecule has 4 rings (SSSR count). The van der Waals surface area contributed by atoms with Gasteiger partial charge in [-0.25, -0.2) is 21.5 Å². The highest BCUT2D eigenvalue weighted by molar-refractivity contribution is 7.86. The third kappa shape index (κ3) is 4.35. The van der Waals surface area contributed by atoms with E-state index in [-0.39, 0.29) is 16.5 Å². The second-order valence-electron chi connectivity index (χ2n) is 7.47. The minimum Gasteiger partial charge on any atom is -0.744 e. The maximum Gasteiger partial charge on any atom is 0.299 e. The molecule has 0 saturated carbocycles. The van der Waals surface area contributed by atoms with Crippen molar-refractivity contribution in [3.8, 4) is 11.4 Å². The van der Waals surface area contributed by atoms with Gasteiger partial charge in [0, 0.05) is 12.4 Å². The van der Waals surface area contributed by atoms with Crippen LogP contribution in [0.1, 0.15) is 5.69 Å². The first-order chi connectivity index (χ1) is 16.3. The molecule has 0 aliphatic rings. The molecule has 0 atom stereocenters. The van der Waals surface area contributed by atoms with Gasteiger partial charge in [0.15, 0.2) is 11.4 Å². The molecule has 0 unspecified atom stereocenters. The largest absolute Gasteiger partial charge is 0.744 e. The molecule has 12 nitrogen and oxygen atoms in total. The van der Waals surface area contributed by atoms with Crippen LogP contribution in [0.5, 0.6) is 5.75 Å². The van der Waals surface area contributed by atoms with Gasteiger partial charge >= 0.3 is 0 Å². The van der Waals surface area contributed by atoms with Crippen molar-refractivity contribution in [3.63, 3.8) is 0 Å². The topological polar surface area (TPSA) is 186 Å². The number of hydrogen-bond acceptors (Lipinski definition) is 10. The number of nitrogens with zero attached hydrogens (tertiary/aromatic N) is 4. The van der Waals surface area contributed by atoms with Crippen LogP contribution in [0.25, 0.3) is 16.5 Å². The van der Waals surface area contributed by atoms with Crippen LogP contribution in [0.2, 0.25) is 0 Å². The van der Waals surface area contributed by atoms with Crippen molar-refractivity contribution >= 4 is 42.4 Å². The van der Waals surface area contributed by atoms with Gasteiger partial charge in [0.05, 0.1) is 21.2 Å². The highest BCUT2D eigenvalue weighted by Crippen LogP contribution is 2.41. The summed E-state index contributed by atoms with van der Waals surface area (Å²) < 4.78 is 72.4. The molecule has 0 saturated heterocycles. The lowest BCUT2D eigenvalue weighted by Gasteiger charge is -2.14. The fraction of sp³-hybridized carbons (Fsp3) is 0.0952. The van der Waals surface area contributed by atoms with E-state index >= 15 is 0 Å². The zero-order valence-electron chi connectivity index (χ0n) is 18.1. The van der Waals surface area contributed by atoms with E-state index in [0.29, 0.717) is 11.4 Å². The first-order valence-electron chi connectivity index (χ1n) is 9.78. The summed E-state index contributed by atoms with van der Waals surface area (Å²) >= 11 is 0. The van der Waals surface area contributed by atoms with Crippen molar-refractivity contribution in [2.24, 2.45) is 17.3 Å². The first kappa shape index (κ1) is 24.3. The van der Waals surface area contributed by atoms with Crippen molar-refractivity contribution in [1.29, 1.82) is 0 Å². The van der Waals surface area contributed by atoms with Gasteiger partial charge < -0.3 is 14.2 Å². The number of fused-ring (bicyclic) bond motifs is 1. The van der Waals surface area contributed by atoms with Gasteiger partial charge in [-0.15, -0.1) is 10.2 Å². The maximum absolute atomic E-state index is 13.0. The Morgan fingerprint density at radius 3 is 2.11 bits per heavy atom. The van der Waals surface area contributed by atoms with Crippen LogP contribution in [-0.2, 0) is 27.3 Å². The van der Waals surface area contributed by atoms with Crippen molar-refractivity contribution < 1.29 is 31.0 Å². The van der Waals surface area contributed by atoms with Crippen LogP contribution in [0, 0.1) is 6.92 Å². The number of phenols is 1. The summed E-state index contributed by atoms with van der Waals surface area (Å²) in [5, 5.41) is 17.9. The Morgan fingerprint density at radius 1 is 0.886 bits per heavy atom. The predicted octanol–water partition coefficient (Wildman–Crippen LogP) is 2.57. The number of benzene rings is 3. The Kier molecular flexibility index (Phi) is 5.84. The standard InChI is InChI=1S/C21H18N4O8S2/c1-12-18(21(27)25(24(12)2)14-6-4-3-5-7-14)22-23-19-17(35(31,32)33)11-13-10-15(34(28,29)30)8-9-16(13)20(19)26/h3-11,26H,1-2H3,(H,28,29,30)(H,31,32,33)/p-2. The summed E-state index contributed by atoms with van der Waals surface area (Å²) in [6.45, 7) is 1.57. The van der Waals surface area contributed by atoms with E-state index in [2.05, 4.69) is 10.2 Å². The normalized spacial score (nSPS) is 12.6. The summed E-state index contributed by atoms with van der Waals surface area (Å²) in [5.74, 6) is -0.799. The van der Waals surface area contributed by atoms with Gasteiger partial charge in [-0.3, -0.25) is 9.48 Å². The molecular formula is C21H16N4O8S2-2. The number of hydrogen-bond donors (Lipinski definition) is 1. The molecule has 182 valence electrons. The van der Waals surface area contributed by atoms with E-state index in [4.69, 9.17) is 0 Å². The van der Waals surface area contributed by atoms with Crippen LogP contribution in [0.15, 0.2) is 79.4 Å². The number of aromatic hydroxyl groups is 1. The Bertz CT molecular complexity index is 1790. The highest BCUT2D eigenvalue weighted by atomic mass is 32.2. The van der Waals surface area contributed by atoms with Gasteiger partial charge in [-0.2, -0.15) is 0 Å². The molecule has 35 heavy (non-hydrogen) atoms. The Labute approximate surface area is 198 Å².